The van der Waals surface area contributed by atoms with Crippen LogP contribution in [0.2, 0.25) is 0 Å². The molecular weight excluding hydrogens is 360 g/mol. The number of hydrogen-bond donors (Lipinski definition) is 1. The van der Waals surface area contributed by atoms with E-state index < -0.39 is 18.5 Å². The van der Waals surface area contributed by atoms with Crippen molar-refractivity contribution in [2.75, 3.05) is 11.9 Å². The maximum absolute atomic E-state index is 12.3. The first-order chi connectivity index (χ1) is 13.2. The van der Waals surface area contributed by atoms with Gasteiger partial charge in [0.1, 0.15) is 5.82 Å². The first-order valence-electron chi connectivity index (χ1n) is 8.80. The van der Waals surface area contributed by atoms with Crippen molar-refractivity contribution in [3.8, 4) is 5.69 Å². The standard InChI is InChI=1S/C20H22N4O4/c1-13-10-15(28-23-13)19(26)27-12-18(25)21-17-11-16(20(2,3)4)22-24(17)14-8-6-5-7-9-14/h5-11H,12H2,1-4H3,(H,21,25). The summed E-state index contributed by atoms with van der Waals surface area (Å²) in [4.78, 5) is 24.2. The number of anilines is 1. The van der Waals surface area contributed by atoms with Gasteiger partial charge in [-0.15, -0.1) is 0 Å². The Balaban J connectivity index is 1.74. The van der Waals surface area contributed by atoms with Crippen LogP contribution in [0, 0.1) is 6.92 Å². The molecule has 8 heteroatoms. The van der Waals surface area contributed by atoms with E-state index in [2.05, 4.69) is 15.6 Å². The van der Waals surface area contributed by atoms with Crippen LogP contribution in [0.5, 0.6) is 0 Å². The lowest BCUT2D eigenvalue weighted by Gasteiger charge is -2.14. The quantitative estimate of drug-likeness (QED) is 0.680. The average Bonchev–Trinajstić information content (AvgIpc) is 3.27. The summed E-state index contributed by atoms with van der Waals surface area (Å²) >= 11 is 0. The Morgan fingerprint density at radius 2 is 1.89 bits per heavy atom. The van der Waals surface area contributed by atoms with Gasteiger partial charge in [0.15, 0.2) is 6.61 Å². The highest BCUT2D eigenvalue weighted by Crippen LogP contribution is 2.26. The van der Waals surface area contributed by atoms with Crippen LogP contribution in [-0.2, 0) is 14.9 Å². The van der Waals surface area contributed by atoms with E-state index in [1.165, 1.54) is 6.07 Å². The number of para-hydroxylation sites is 1. The zero-order valence-electron chi connectivity index (χ0n) is 16.2. The predicted molar refractivity (Wildman–Crippen MR) is 102 cm³/mol. The Morgan fingerprint density at radius 1 is 1.18 bits per heavy atom. The molecule has 146 valence electrons. The average molecular weight is 382 g/mol. The van der Waals surface area contributed by atoms with E-state index >= 15 is 0 Å². The van der Waals surface area contributed by atoms with Gasteiger partial charge in [0, 0.05) is 17.5 Å². The fraction of sp³-hybridized carbons (Fsp3) is 0.300. The Kier molecular flexibility index (Phi) is 5.30. The van der Waals surface area contributed by atoms with Crippen molar-refractivity contribution in [2.45, 2.75) is 33.1 Å². The summed E-state index contributed by atoms with van der Waals surface area (Å²) in [6.45, 7) is 7.35. The van der Waals surface area contributed by atoms with E-state index in [1.807, 2.05) is 57.2 Å². The molecule has 0 aliphatic carbocycles. The molecule has 0 saturated heterocycles. The fourth-order valence-electron chi connectivity index (χ4n) is 2.44. The molecule has 0 atom stereocenters. The van der Waals surface area contributed by atoms with E-state index in [1.54, 1.807) is 11.6 Å². The topological polar surface area (TPSA) is 99.2 Å². The van der Waals surface area contributed by atoms with Gasteiger partial charge in [-0.1, -0.05) is 44.1 Å². The maximum Gasteiger partial charge on any atom is 0.377 e. The summed E-state index contributed by atoms with van der Waals surface area (Å²) in [7, 11) is 0. The van der Waals surface area contributed by atoms with Crippen molar-refractivity contribution in [1.29, 1.82) is 0 Å². The summed E-state index contributed by atoms with van der Waals surface area (Å²) in [5.74, 6) is -0.785. The molecule has 0 fully saturated rings. The van der Waals surface area contributed by atoms with Crippen LogP contribution in [0.15, 0.2) is 47.0 Å². The lowest BCUT2D eigenvalue weighted by molar-refractivity contribution is -0.119. The number of amides is 1. The van der Waals surface area contributed by atoms with Crippen molar-refractivity contribution in [3.63, 3.8) is 0 Å². The largest absolute Gasteiger partial charge is 0.450 e. The van der Waals surface area contributed by atoms with E-state index in [4.69, 9.17) is 9.26 Å². The molecule has 0 bridgehead atoms. The van der Waals surface area contributed by atoms with Crippen LogP contribution in [0.1, 0.15) is 42.7 Å². The Labute approximate surface area is 162 Å². The number of ether oxygens (including phenoxy) is 1. The highest BCUT2D eigenvalue weighted by molar-refractivity contribution is 5.94. The van der Waals surface area contributed by atoms with Crippen LogP contribution in [-0.4, -0.2) is 33.4 Å². The van der Waals surface area contributed by atoms with Crippen LogP contribution >= 0.6 is 0 Å². The number of nitrogens with one attached hydrogen (secondary N) is 1. The summed E-state index contributed by atoms with van der Waals surface area (Å²) in [5, 5.41) is 11.0. The van der Waals surface area contributed by atoms with Gasteiger partial charge >= 0.3 is 5.97 Å². The second-order valence-corrected chi connectivity index (χ2v) is 7.37. The number of benzene rings is 1. The van der Waals surface area contributed by atoms with Crippen molar-refractivity contribution in [2.24, 2.45) is 0 Å². The smallest absolute Gasteiger partial charge is 0.377 e. The third kappa shape index (κ3) is 4.46. The molecule has 3 aromatic rings. The minimum Gasteiger partial charge on any atom is -0.450 e. The Hall–Kier alpha value is -3.42. The lowest BCUT2D eigenvalue weighted by Crippen LogP contribution is -2.22. The molecule has 28 heavy (non-hydrogen) atoms. The molecule has 0 spiro atoms. The molecule has 2 heterocycles. The number of carbonyl (C=O) groups excluding carboxylic acids is 2. The molecule has 1 amide bonds. The SMILES string of the molecule is Cc1cc(C(=O)OCC(=O)Nc2cc(C(C)(C)C)nn2-c2ccccc2)on1. The van der Waals surface area contributed by atoms with Crippen LogP contribution in [0.25, 0.3) is 5.69 Å². The number of hydrogen-bond acceptors (Lipinski definition) is 6. The van der Waals surface area contributed by atoms with Gasteiger partial charge in [0.05, 0.1) is 17.1 Å². The third-order valence-electron chi connectivity index (χ3n) is 3.91. The molecule has 8 nitrogen and oxygen atoms in total. The van der Waals surface area contributed by atoms with Crippen molar-refractivity contribution >= 4 is 17.7 Å². The highest BCUT2D eigenvalue weighted by atomic mass is 16.6. The number of aryl methyl sites for hydroxylation is 1. The van der Waals surface area contributed by atoms with Crippen LogP contribution in [0.4, 0.5) is 5.82 Å². The van der Waals surface area contributed by atoms with Crippen LogP contribution in [0.3, 0.4) is 0 Å². The number of rotatable bonds is 5. The lowest BCUT2D eigenvalue weighted by atomic mass is 9.92. The van der Waals surface area contributed by atoms with Gasteiger partial charge in [0.25, 0.3) is 5.91 Å². The van der Waals surface area contributed by atoms with Crippen molar-refractivity contribution in [3.05, 3.63) is 59.6 Å². The molecule has 0 radical (unpaired) electrons. The number of carbonyl (C=O) groups is 2. The van der Waals surface area contributed by atoms with Gasteiger partial charge < -0.3 is 14.6 Å². The second-order valence-electron chi connectivity index (χ2n) is 7.37. The summed E-state index contributed by atoms with van der Waals surface area (Å²) in [5.41, 5.74) is 1.98. The monoisotopic (exact) mass is 382 g/mol. The molecule has 1 aromatic carbocycles. The predicted octanol–water partition coefficient (Wildman–Crippen LogP) is 3.26. The fourth-order valence-corrected chi connectivity index (χ4v) is 2.44. The van der Waals surface area contributed by atoms with Crippen molar-refractivity contribution in [1.82, 2.24) is 14.9 Å². The molecule has 3 rings (SSSR count). The molecule has 0 saturated carbocycles. The third-order valence-corrected chi connectivity index (χ3v) is 3.91. The first kappa shape index (κ1) is 19.3. The van der Waals surface area contributed by atoms with E-state index in [0.717, 1.165) is 11.4 Å². The first-order valence-corrected chi connectivity index (χ1v) is 8.80. The Morgan fingerprint density at radius 3 is 2.50 bits per heavy atom. The van der Waals surface area contributed by atoms with E-state index in [9.17, 15) is 9.59 Å². The molecule has 0 unspecified atom stereocenters. The maximum atomic E-state index is 12.3. The van der Waals surface area contributed by atoms with E-state index in [0.29, 0.717) is 11.5 Å². The number of aromatic nitrogens is 3. The number of nitrogens with zero attached hydrogens (tertiary/aromatic N) is 3. The zero-order chi connectivity index (χ0) is 20.3. The minimum absolute atomic E-state index is 0.0466. The normalized spacial score (nSPS) is 11.3. The van der Waals surface area contributed by atoms with Crippen LogP contribution < -0.4 is 5.32 Å². The van der Waals surface area contributed by atoms with Gasteiger partial charge in [-0.3, -0.25) is 4.79 Å². The summed E-state index contributed by atoms with van der Waals surface area (Å²) < 4.78 is 11.5. The van der Waals surface area contributed by atoms with E-state index in [-0.39, 0.29) is 11.2 Å². The summed E-state index contributed by atoms with van der Waals surface area (Å²) in [6, 6.07) is 12.7. The second kappa shape index (κ2) is 7.67. The number of esters is 1. The highest BCUT2D eigenvalue weighted by Gasteiger charge is 2.22. The zero-order valence-corrected chi connectivity index (χ0v) is 16.2. The van der Waals surface area contributed by atoms with Gasteiger partial charge in [-0.05, 0) is 19.1 Å². The molecule has 1 N–H and O–H groups in total. The van der Waals surface area contributed by atoms with Crippen molar-refractivity contribution < 1.29 is 18.8 Å². The molecule has 0 aliphatic heterocycles. The van der Waals surface area contributed by atoms with Gasteiger partial charge in [-0.2, -0.15) is 5.10 Å². The molecule has 2 aromatic heterocycles. The Bertz CT molecular complexity index is 983. The summed E-state index contributed by atoms with van der Waals surface area (Å²) in [6.07, 6.45) is 0. The molecule has 0 aliphatic rings. The van der Waals surface area contributed by atoms with Gasteiger partial charge in [-0.25, -0.2) is 9.48 Å². The minimum atomic E-state index is -0.748. The van der Waals surface area contributed by atoms with Gasteiger partial charge in [0.2, 0.25) is 5.76 Å². The molecular formula is C20H22N4O4.